The first kappa shape index (κ1) is 15.7. The van der Waals surface area contributed by atoms with Crippen LogP contribution in [-0.4, -0.2) is 42.8 Å². The number of rotatable bonds is 6. The number of aliphatic imine (C=N–C) groups is 1. The number of guanidine groups is 1. The fourth-order valence-corrected chi connectivity index (χ4v) is 3.88. The van der Waals surface area contributed by atoms with E-state index in [9.17, 15) is 0 Å². The molecule has 120 valence electrons. The normalized spacial score (nSPS) is 22.1. The van der Waals surface area contributed by atoms with E-state index >= 15 is 0 Å². The molecule has 0 spiro atoms. The fourth-order valence-electron chi connectivity index (χ4n) is 2.83. The van der Waals surface area contributed by atoms with E-state index in [1.807, 2.05) is 11.8 Å². The molecule has 0 amide bonds. The van der Waals surface area contributed by atoms with Crippen LogP contribution in [0.15, 0.2) is 40.2 Å². The lowest BCUT2D eigenvalue weighted by molar-refractivity contribution is 0.474. The summed E-state index contributed by atoms with van der Waals surface area (Å²) in [5.74, 6) is 3.99. The molecule has 0 aromatic heterocycles. The largest absolute Gasteiger partial charge is 0.357 e. The van der Waals surface area contributed by atoms with Crippen molar-refractivity contribution in [2.24, 2.45) is 16.8 Å². The zero-order valence-electron chi connectivity index (χ0n) is 13.5. The quantitative estimate of drug-likeness (QED) is 0.494. The van der Waals surface area contributed by atoms with Crippen molar-refractivity contribution in [2.75, 3.05) is 31.9 Å². The highest BCUT2D eigenvalue weighted by Gasteiger charge is 2.26. The highest BCUT2D eigenvalue weighted by Crippen LogP contribution is 2.29. The van der Waals surface area contributed by atoms with Gasteiger partial charge in [-0.05, 0) is 50.2 Å². The second-order valence-corrected chi connectivity index (χ2v) is 7.46. The number of likely N-dealkylation sites (tertiary alicyclic amines) is 1. The van der Waals surface area contributed by atoms with E-state index in [0.29, 0.717) is 0 Å². The number of hydrogen-bond acceptors (Lipinski definition) is 2. The smallest absolute Gasteiger partial charge is 0.193 e. The summed E-state index contributed by atoms with van der Waals surface area (Å²) < 4.78 is 0. The van der Waals surface area contributed by atoms with Crippen LogP contribution in [0.3, 0.4) is 0 Å². The summed E-state index contributed by atoms with van der Waals surface area (Å²) in [7, 11) is 0. The van der Waals surface area contributed by atoms with Crippen LogP contribution < -0.4 is 5.32 Å². The van der Waals surface area contributed by atoms with E-state index in [1.54, 1.807) is 0 Å². The molecule has 3 rings (SSSR count). The average Bonchev–Trinajstić information content (AvgIpc) is 3.26. The molecule has 1 saturated heterocycles. The molecule has 1 aliphatic carbocycles. The van der Waals surface area contributed by atoms with Crippen LogP contribution in [0.1, 0.15) is 26.2 Å². The molecule has 1 aliphatic heterocycles. The van der Waals surface area contributed by atoms with Crippen LogP contribution in [0.2, 0.25) is 0 Å². The summed E-state index contributed by atoms with van der Waals surface area (Å²) in [6.45, 7) is 6.43. The van der Waals surface area contributed by atoms with E-state index in [1.165, 1.54) is 29.9 Å². The Hall–Kier alpha value is -1.16. The van der Waals surface area contributed by atoms with Gasteiger partial charge in [-0.25, -0.2) is 0 Å². The molecule has 1 aromatic carbocycles. The van der Waals surface area contributed by atoms with E-state index in [0.717, 1.165) is 44.0 Å². The Bertz CT molecular complexity index is 484. The average molecular weight is 318 g/mol. The topological polar surface area (TPSA) is 27.6 Å². The molecule has 4 heteroatoms. The fraction of sp³-hybridized carbons (Fsp3) is 0.611. The predicted molar refractivity (Wildman–Crippen MR) is 95.5 cm³/mol. The lowest BCUT2D eigenvalue weighted by Gasteiger charge is -2.21. The molecule has 1 unspecified atom stereocenters. The van der Waals surface area contributed by atoms with Gasteiger partial charge in [-0.2, -0.15) is 0 Å². The SMILES string of the molecule is CCNC(=NCC1CC1)N1CCC(CSc2ccccc2)C1. The van der Waals surface area contributed by atoms with E-state index in [4.69, 9.17) is 4.99 Å². The van der Waals surface area contributed by atoms with Gasteiger partial charge >= 0.3 is 0 Å². The number of benzene rings is 1. The third-order valence-electron chi connectivity index (χ3n) is 4.35. The highest BCUT2D eigenvalue weighted by atomic mass is 32.2. The van der Waals surface area contributed by atoms with Crippen LogP contribution in [0.5, 0.6) is 0 Å². The Morgan fingerprint density at radius 2 is 2.05 bits per heavy atom. The third kappa shape index (κ3) is 4.67. The predicted octanol–water partition coefficient (Wildman–Crippen LogP) is 3.48. The Morgan fingerprint density at radius 1 is 1.23 bits per heavy atom. The lowest BCUT2D eigenvalue weighted by Crippen LogP contribution is -2.40. The van der Waals surface area contributed by atoms with Crippen LogP contribution >= 0.6 is 11.8 Å². The van der Waals surface area contributed by atoms with Crippen LogP contribution in [0.4, 0.5) is 0 Å². The van der Waals surface area contributed by atoms with Gasteiger partial charge in [-0.1, -0.05) is 18.2 Å². The molecule has 1 aromatic rings. The van der Waals surface area contributed by atoms with Crippen molar-refractivity contribution in [1.82, 2.24) is 10.2 Å². The molecular weight excluding hydrogens is 290 g/mol. The summed E-state index contributed by atoms with van der Waals surface area (Å²) in [6.07, 6.45) is 4.03. The minimum absolute atomic E-state index is 0.773. The molecule has 0 radical (unpaired) electrons. The van der Waals surface area contributed by atoms with Crippen molar-refractivity contribution in [2.45, 2.75) is 31.1 Å². The summed E-state index contributed by atoms with van der Waals surface area (Å²) in [6, 6.07) is 10.7. The minimum Gasteiger partial charge on any atom is -0.357 e. The van der Waals surface area contributed by atoms with Crippen LogP contribution in [0, 0.1) is 11.8 Å². The maximum Gasteiger partial charge on any atom is 0.193 e. The summed E-state index contributed by atoms with van der Waals surface area (Å²) in [4.78, 5) is 8.68. The first-order valence-corrected chi connectivity index (χ1v) is 9.55. The lowest BCUT2D eigenvalue weighted by atomic mass is 10.2. The number of nitrogens with zero attached hydrogens (tertiary/aromatic N) is 2. The number of hydrogen-bond donors (Lipinski definition) is 1. The van der Waals surface area contributed by atoms with Crippen LogP contribution in [-0.2, 0) is 0 Å². The second kappa shape index (κ2) is 7.91. The van der Waals surface area contributed by atoms with Gasteiger partial charge in [0, 0.05) is 36.8 Å². The zero-order valence-corrected chi connectivity index (χ0v) is 14.3. The molecule has 1 heterocycles. The Labute approximate surface area is 138 Å². The monoisotopic (exact) mass is 317 g/mol. The molecule has 1 atom stereocenters. The molecule has 3 nitrogen and oxygen atoms in total. The maximum absolute atomic E-state index is 4.83. The zero-order chi connectivity index (χ0) is 15.2. The molecule has 2 aliphatic rings. The second-order valence-electron chi connectivity index (χ2n) is 6.36. The van der Waals surface area contributed by atoms with Gasteiger partial charge in [0.05, 0.1) is 0 Å². The van der Waals surface area contributed by atoms with Gasteiger partial charge < -0.3 is 10.2 Å². The number of nitrogens with one attached hydrogen (secondary N) is 1. The standard InChI is InChI=1S/C18H27N3S/c1-2-19-18(20-12-15-8-9-15)21-11-10-16(13-21)14-22-17-6-4-3-5-7-17/h3-7,15-16H,2,8-14H2,1H3,(H,19,20). The highest BCUT2D eigenvalue weighted by molar-refractivity contribution is 7.99. The van der Waals surface area contributed by atoms with E-state index < -0.39 is 0 Å². The molecule has 2 fully saturated rings. The van der Waals surface area contributed by atoms with Crippen molar-refractivity contribution < 1.29 is 0 Å². The van der Waals surface area contributed by atoms with Gasteiger partial charge in [0.2, 0.25) is 0 Å². The van der Waals surface area contributed by atoms with Gasteiger partial charge in [0.15, 0.2) is 5.96 Å². The van der Waals surface area contributed by atoms with Gasteiger partial charge in [0.1, 0.15) is 0 Å². The third-order valence-corrected chi connectivity index (χ3v) is 5.59. The molecule has 1 saturated carbocycles. The summed E-state index contributed by atoms with van der Waals surface area (Å²) in [5.41, 5.74) is 0. The van der Waals surface area contributed by atoms with E-state index in [-0.39, 0.29) is 0 Å². The Kier molecular flexibility index (Phi) is 5.65. The van der Waals surface area contributed by atoms with Crippen molar-refractivity contribution in [3.8, 4) is 0 Å². The minimum atomic E-state index is 0.773. The Balaban J connectivity index is 1.48. The molecule has 1 N–H and O–H groups in total. The van der Waals surface area contributed by atoms with Crippen molar-refractivity contribution in [3.05, 3.63) is 30.3 Å². The first-order chi connectivity index (χ1) is 10.8. The Morgan fingerprint density at radius 3 is 2.77 bits per heavy atom. The summed E-state index contributed by atoms with van der Waals surface area (Å²) in [5, 5.41) is 3.47. The van der Waals surface area contributed by atoms with E-state index in [2.05, 4.69) is 47.5 Å². The summed E-state index contributed by atoms with van der Waals surface area (Å²) >= 11 is 1.99. The van der Waals surface area contributed by atoms with Crippen molar-refractivity contribution >= 4 is 17.7 Å². The molecule has 0 bridgehead atoms. The van der Waals surface area contributed by atoms with Crippen LogP contribution in [0.25, 0.3) is 0 Å². The maximum atomic E-state index is 4.83. The molecule has 22 heavy (non-hydrogen) atoms. The first-order valence-electron chi connectivity index (χ1n) is 8.56. The van der Waals surface area contributed by atoms with Crippen molar-refractivity contribution in [3.63, 3.8) is 0 Å². The van der Waals surface area contributed by atoms with Gasteiger partial charge in [-0.3, -0.25) is 4.99 Å². The van der Waals surface area contributed by atoms with Crippen molar-refractivity contribution in [1.29, 1.82) is 0 Å². The van der Waals surface area contributed by atoms with Gasteiger partial charge in [-0.15, -0.1) is 11.8 Å². The number of thioether (sulfide) groups is 1. The molecular formula is C18H27N3S. The van der Waals surface area contributed by atoms with Gasteiger partial charge in [0.25, 0.3) is 0 Å².